The molecule has 0 radical (unpaired) electrons. The lowest BCUT2D eigenvalue weighted by molar-refractivity contribution is -0.116. The van der Waals surface area contributed by atoms with Crippen molar-refractivity contribution in [2.45, 2.75) is 19.8 Å². The molecule has 0 spiro atoms. The fourth-order valence-corrected chi connectivity index (χ4v) is 2.25. The van der Waals surface area contributed by atoms with E-state index in [-0.39, 0.29) is 29.8 Å². The summed E-state index contributed by atoms with van der Waals surface area (Å²) in [5, 5.41) is 20.5. The van der Waals surface area contributed by atoms with Gasteiger partial charge in [0.05, 0.1) is 24.2 Å². The first-order chi connectivity index (χ1) is 12.4. The molecular weight excluding hydrogens is 338 g/mol. The Morgan fingerprint density at radius 3 is 2.04 bits per heavy atom. The summed E-state index contributed by atoms with van der Waals surface area (Å²) < 4.78 is 5.49. The first kappa shape index (κ1) is 19.0. The van der Waals surface area contributed by atoms with Gasteiger partial charge in [-0.25, -0.2) is 9.59 Å². The van der Waals surface area contributed by atoms with Gasteiger partial charge in [-0.3, -0.25) is 4.79 Å². The third-order valence-corrected chi connectivity index (χ3v) is 3.64. The fourth-order valence-electron chi connectivity index (χ4n) is 2.25. The number of carboxylic acids is 2. The number of ether oxygens (including phenoxy) is 1. The lowest BCUT2D eigenvalue weighted by atomic mass is 10.1. The number of carbonyl (C=O) groups is 3. The average Bonchev–Trinajstić information content (AvgIpc) is 2.61. The van der Waals surface area contributed by atoms with Crippen molar-refractivity contribution in [3.8, 4) is 5.75 Å². The normalized spacial score (nSPS) is 10.2. The number of hydrogen-bond donors (Lipinski definition) is 3. The van der Waals surface area contributed by atoms with Crippen LogP contribution in [-0.2, 0) is 11.2 Å². The van der Waals surface area contributed by atoms with E-state index in [0.29, 0.717) is 5.75 Å². The van der Waals surface area contributed by atoms with Crippen LogP contribution in [0.15, 0.2) is 42.5 Å². The van der Waals surface area contributed by atoms with Crippen LogP contribution in [0.2, 0.25) is 0 Å². The number of hydrogen-bond acceptors (Lipinski definition) is 4. The highest BCUT2D eigenvalue weighted by molar-refractivity contribution is 5.98. The topological polar surface area (TPSA) is 113 Å². The Morgan fingerprint density at radius 1 is 0.962 bits per heavy atom. The summed E-state index contributed by atoms with van der Waals surface area (Å²) in [6, 6.07) is 11.0. The summed E-state index contributed by atoms with van der Waals surface area (Å²) in [4.78, 5) is 34.1. The number of anilines is 1. The third-order valence-electron chi connectivity index (χ3n) is 3.64. The van der Waals surface area contributed by atoms with Crippen LogP contribution in [-0.4, -0.2) is 34.7 Å². The lowest BCUT2D eigenvalue weighted by Gasteiger charge is -2.09. The van der Waals surface area contributed by atoms with Gasteiger partial charge < -0.3 is 20.3 Å². The largest absolute Gasteiger partial charge is 0.493 e. The summed E-state index contributed by atoms with van der Waals surface area (Å²) in [7, 11) is 0. The van der Waals surface area contributed by atoms with Crippen LogP contribution in [0, 0.1) is 0 Å². The van der Waals surface area contributed by atoms with Crippen LogP contribution >= 0.6 is 0 Å². The summed E-state index contributed by atoms with van der Waals surface area (Å²) in [5.41, 5.74) is 0.863. The summed E-state index contributed by atoms with van der Waals surface area (Å²) in [5.74, 6) is -2.31. The monoisotopic (exact) mass is 357 g/mol. The van der Waals surface area contributed by atoms with Crippen molar-refractivity contribution in [3.05, 3.63) is 59.2 Å². The molecule has 0 heterocycles. The Labute approximate surface area is 150 Å². The van der Waals surface area contributed by atoms with Crippen molar-refractivity contribution in [3.63, 3.8) is 0 Å². The number of carbonyl (C=O) groups excluding carboxylic acids is 1. The molecule has 0 aliphatic carbocycles. The zero-order valence-corrected chi connectivity index (χ0v) is 14.2. The SMILES string of the molecule is CCc1ccc(OCCC(=O)Nc2cc(C(=O)O)cc(C(=O)O)c2)cc1. The van der Waals surface area contributed by atoms with Crippen LogP contribution in [0.25, 0.3) is 0 Å². The van der Waals surface area contributed by atoms with Crippen LogP contribution in [0.1, 0.15) is 39.6 Å². The van der Waals surface area contributed by atoms with Gasteiger partial charge >= 0.3 is 11.9 Å². The van der Waals surface area contributed by atoms with Gasteiger partial charge in [0.2, 0.25) is 5.91 Å². The zero-order valence-electron chi connectivity index (χ0n) is 14.2. The standard InChI is InChI=1S/C19H19NO6/c1-2-12-3-5-16(6-4-12)26-8-7-17(21)20-15-10-13(18(22)23)9-14(11-15)19(24)25/h3-6,9-11H,2,7-8H2,1H3,(H,20,21)(H,22,23)(H,24,25). The van der Waals surface area contributed by atoms with Crippen molar-refractivity contribution >= 4 is 23.5 Å². The molecule has 0 saturated heterocycles. The van der Waals surface area contributed by atoms with Gasteiger partial charge in [0.25, 0.3) is 0 Å². The van der Waals surface area contributed by atoms with E-state index in [0.717, 1.165) is 12.5 Å². The van der Waals surface area contributed by atoms with E-state index < -0.39 is 17.8 Å². The van der Waals surface area contributed by atoms with Gasteiger partial charge in [-0.05, 0) is 42.3 Å². The number of rotatable bonds is 8. The predicted octanol–water partition coefficient (Wildman–Crippen LogP) is 3.05. The molecule has 0 fully saturated rings. The van der Waals surface area contributed by atoms with E-state index in [2.05, 4.69) is 12.2 Å². The maximum atomic E-state index is 12.0. The number of nitrogens with one attached hydrogen (secondary N) is 1. The quantitative estimate of drug-likeness (QED) is 0.669. The van der Waals surface area contributed by atoms with Gasteiger partial charge in [0.15, 0.2) is 0 Å². The molecule has 2 aromatic rings. The third kappa shape index (κ3) is 5.34. The van der Waals surface area contributed by atoms with Crippen molar-refractivity contribution in [1.82, 2.24) is 0 Å². The summed E-state index contributed by atoms with van der Waals surface area (Å²) >= 11 is 0. The Balaban J connectivity index is 1.94. The molecule has 136 valence electrons. The van der Waals surface area contributed by atoms with Gasteiger partial charge in [-0.2, -0.15) is 0 Å². The van der Waals surface area contributed by atoms with Crippen LogP contribution < -0.4 is 10.1 Å². The van der Waals surface area contributed by atoms with Gasteiger partial charge in [-0.15, -0.1) is 0 Å². The number of benzene rings is 2. The van der Waals surface area contributed by atoms with E-state index in [1.165, 1.54) is 17.7 Å². The van der Waals surface area contributed by atoms with Crippen LogP contribution in [0.4, 0.5) is 5.69 Å². The molecule has 0 bridgehead atoms. The number of aromatic carboxylic acids is 2. The van der Waals surface area contributed by atoms with E-state index in [1.807, 2.05) is 24.3 Å². The molecule has 0 unspecified atom stereocenters. The second-order valence-electron chi connectivity index (χ2n) is 5.55. The van der Waals surface area contributed by atoms with Crippen LogP contribution in [0.3, 0.4) is 0 Å². The highest BCUT2D eigenvalue weighted by Crippen LogP contribution is 2.16. The molecule has 3 N–H and O–H groups in total. The lowest BCUT2D eigenvalue weighted by Crippen LogP contribution is -2.16. The molecule has 0 saturated carbocycles. The fraction of sp³-hybridized carbons (Fsp3) is 0.211. The molecule has 0 aliphatic rings. The highest BCUT2D eigenvalue weighted by atomic mass is 16.5. The Hall–Kier alpha value is -3.35. The second kappa shape index (κ2) is 8.66. The first-order valence-corrected chi connectivity index (χ1v) is 8.02. The highest BCUT2D eigenvalue weighted by Gasteiger charge is 2.13. The predicted molar refractivity (Wildman–Crippen MR) is 94.9 cm³/mol. The van der Waals surface area contributed by atoms with Crippen molar-refractivity contribution in [2.24, 2.45) is 0 Å². The van der Waals surface area contributed by atoms with Crippen molar-refractivity contribution < 1.29 is 29.3 Å². The zero-order chi connectivity index (χ0) is 19.1. The summed E-state index contributed by atoms with van der Waals surface area (Å²) in [6.45, 7) is 2.19. The molecule has 26 heavy (non-hydrogen) atoms. The minimum absolute atomic E-state index is 0.0369. The number of carboxylic acid groups (broad SMARTS) is 2. The minimum Gasteiger partial charge on any atom is -0.493 e. The van der Waals surface area contributed by atoms with Crippen LogP contribution in [0.5, 0.6) is 5.75 Å². The van der Waals surface area contributed by atoms with E-state index in [1.54, 1.807) is 0 Å². The number of aryl methyl sites for hydroxylation is 1. The molecule has 2 aromatic carbocycles. The van der Waals surface area contributed by atoms with Gasteiger partial charge in [-0.1, -0.05) is 19.1 Å². The molecule has 7 nitrogen and oxygen atoms in total. The molecular formula is C19H19NO6. The summed E-state index contributed by atoms with van der Waals surface area (Å²) in [6.07, 6.45) is 0.964. The minimum atomic E-state index is -1.28. The molecule has 1 amide bonds. The van der Waals surface area contributed by atoms with Gasteiger partial charge in [0, 0.05) is 5.69 Å². The molecule has 0 atom stereocenters. The maximum Gasteiger partial charge on any atom is 0.335 e. The van der Waals surface area contributed by atoms with E-state index in [9.17, 15) is 14.4 Å². The van der Waals surface area contributed by atoms with Crippen molar-refractivity contribution in [1.29, 1.82) is 0 Å². The Morgan fingerprint density at radius 2 is 1.54 bits per heavy atom. The first-order valence-electron chi connectivity index (χ1n) is 8.02. The molecule has 2 rings (SSSR count). The van der Waals surface area contributed by atoms with Crippen molar-refractivity contribution in [2.75, 3.05) is 11.9 Å². The van der Waals surface area contributed by atoms with E-state index >= 15 is 0 Å². The maximum absolute atomic E-state index is 12.0. The van der Waals surface area contributed by atoms with E-state index in [4.69, 9.17) is 14.9 Å². The molecule has 0 aliphatic heterocycles. The Bertz CT molecular complexity index is 781. The molecule has 7 heteroatoms. The average molecular weight is 357 g/mol. The Kier molecular flexibility index (Phi) is 6.32. The number of amides is 1. The smallest absolute Gasteiger partial charge is 0.335 e. The van der Waals surface area contributed by atoms with Gasteiger partial charge in [0.1, 0.15) is 5.75 Å². The second-order valence-corrected chi connectivity index (χ2v) is 5.55. The molecule has 0 aromatic heterocycles.